The summed E-state index contributed by atoms with van der Waals surface area (Å²) in [5, 5.41) is 7.37. The fourth-order valence-electron chi connectivity index (χ4n) is 5.36. The van der Waals surface area contributed by atoms with E-state index in [4.69, 9.17) is 14.7 Å². The molecule has 182 valence electrons. The van der Waals surface area contributed by atoms with Crippen LogP contribution in [-0.4, -0.2) is 14.5 Å². The molecular weight excluding hydrogens is 510 g/mol. The number of hydrogen-bond acceptors (Lipinski definition) is 6. The van der Waals surface area contributed by atoms with Crippen molar-refractivity contribution in [1.29, 1.82) is 0 Å². The van der Waals surface area contributed by atoms with Gasteiger partial charge >= 0.3 is 0 Å². The Morgan fingerprint density at radius 1 is 0.737 bits per heavy atom. The number of rotatable bonds is 2. The minimum atomic E-state index is -0.0870. The highest BCUT2D eigenvalue weighted by Gasteiger charge is 2.24. The van der Waals surface area contributed by atoms with Crippen molar-refractivity contribution in [3.05, 3.63) is 111 Å². The van der Waals surface area contributed by atoms with Gasteiger partial charge in [0.2, 0.25) is 0 Å². The fraction of sp³-hybridized carbons (Fsp3) is 0.0645. The number of hydrogen-bond donors (Lipinski definition) is 0. The van der Waals surface area contributed by atoms with E-state index in [9.17, 15) is 4.79 Å². The number of nitrogens with zero attached hydrogens (tertiary/aromatic N) is 3. The zero-order chi connectivity index (χ0) is 25.2. The van der Waals surface area contributed by atoms with Crippen LogP contribution in [0, 0.1) is 0 Å². The molecule has 0 saturated carbocycles. The Labute approximate surface area is 225 Å². The second-order valence-electron chi connectivity index (χ2n) is 9.37. The highest BCUT2D eigenvalue weighted by Crippen LogP contribution is 2.45. The Morgan fingerprint density at radius 2 is 1.42 bits per heavy atom. The molecule has 1 aliphatic heterocycles. The van der Waals surface area contributed by atoms with Crippen molar-refractivity contribution in [2.24, 2.45) is 0 Å². The summed E-state index contributed by atoms with van der Waals surface area (Å²) in [5.74, 6) is 0.714. The topological polar surface area (TPSA) is 57.0 Å². The first-order chi connectivity index (χ1) is 18.7. The highest BCUT2D eigenvalue weighted by molar-refractivity contribution is 7.14. The van der Waals surface area contributed by atoms with Crippen molar-refractivity contribution in [2.75, 3.05) is 0 Å². The van der Waals surface area contributed by atoms with Crippen LogP contribution in [-0.2, 0) is 13.2 Å². The molecule has 0 bridgehead atoms. The molecule has 0 spiro atoms. The van der Waals surface area contributed by atoms with E-state index >= 15 is 0 Å². The van der Waals surface area contributed by atoms with Crippen LogP contribution in [0.2, 0.25) is 0 Å². The predicted octanol–water partition coefficient (Wildman–Crippen LogP) is 7.50. The van der Waals surface area contributed by atoms with E-state index in [0.717, 1.165) is 65.0 Å². The molecule has 3 aromatic carbocycles. The molecule has 0 unspecified atom stereocenters. The summed E-state index contributed by atoms with van der Waals surface area (Å²) in [6.45, 7) is 0.607. The Morgan fingerprint density at radius 3 is 2.11 bits per heavy atom. The van der Waals surface area contributed by atoms with Crippen LogP contribution < -0.4 is 10.3 Å². The van der Waals surface area contributed by atoms with Crippen LogP contribution in [0.25, 0.3) is 53.6 Å². The van der Waals surface area contributed by atoms with E-state index in [1.165, 1.54) is 0 Å². The molecule has 0 radical (unpaired) electrons. The Balaban J connectivity index is 1.43. The van der Waals surface area contributed by atoms with Gasteiger partial charge in [-0.25, -0.2) is 9.97 Å². The summed E-state index contributed by atoms with van der Waals surface area (Å²) < 4.78 is 8.40. The maximum absolute atomic E-state index is 13.4. The molecule has 0 amide bonds. The average molecular weight is 530 g/mol. The minimum Gasteiger partial charge on any atom is -0.484 e. The molecule has 0 atom stereocenters. The van der Waals surface area contributed by atoms with Gasteiger partial charge in [-0.3, -0.25) is 9.36 Å². The van der Waals surface area contributed by atoms with Crippen molar-refractivity contribution in [3.63, 3.8) is 0 Å². The summed E-state index contributed by atoms with van der Waals surface area (Å²) in [6, 6.07) is 26.4. The standard InChI is InChI=1S/C31H19N3O2S2/c35-29-10-9-20-21(27-7-3-11-37-27)15-22(28-8-4-12-38-28)31-30(20)34(29)16-25-26(17-36-31)33-24-14-19-6-2-1-5-18(19)13-23(24)32-25/h1-15H,16-17H2. The van der Waals surface area contributed by atoms with Crippen LogP contribution in [0.15, 0.2) is 94.4 Å². The number of ether oxygens (including phenoxy) is 1. The second-order valence-corrected chi connectivity index (χ2v) is 11.3. The van der Waals surface area contributed by atoms with Gasteiger partial charge in [0.05, 0.1) is 28.8 Å². The van der Waals surface area contributed by atoms with E-state index in [0.29, 0.717) is 12.3 Å². The molecule has 5 heterocycles. The predicted molar refractivity (Wildman–Crippen MR) is 155 cm³/mol. The fourth-order valence-corrected chi connectivity index (χ4v) is 6.85. The minimum absolute atomic E-state index is 0.0870. The highest BCUT2D eigenvalue weighted by atomic mass is 32.1. The largest absolute Gasteiger partial charge is 0.484 e. The van der Waals surface area contributed by atoms with Gasteiger partial charge in [0.1, 0.15) is 12.3 Å². The first kappa shape index (κ1) is 21.7. The van der Waals surface area contributed by atoms with Crippen molar-refractivity contribution in [3.8, 4) is 26.6 Å². The molecule has 1 aliphatic rings. The molecule has 7 aromatic rings. The van der Waals surface area contributed by atoms with Gasteiger partial charge in [-0.15, -0.1) is 22.7 Å². The van der Waals surface area contributed by atoms with Gasteiger partial charge in [-0.2, -0.15) is 0 Å². The van der Waals surface area contributed by atoms with Crippen LogP contribution in [0.3, 0.4) is 0 Å². The SMILES string of the molecule is O=c1ccc2c(-c3cccs3)cc(-c3cccs3)c3c2n1Cc1nc2cc4ccccc4cc2nc1CO3. The van der Waals surface area contributed by atoms with E-state index in [1.807, 2.05) is 24.3 Å². The average Bonchev–Trinajstić information content (AvgIpc) is 3.66. The molecule has 8 rings (SSSR count). The van der Waals surface area contributed by atoms with Crippen LogP contribution >= 0.6 is 22.7 Å². The first-order valence-electron chi connectivity index (χ1n) is 12.3. The van der Waals surface area contributed by atoms with E-state index in [2.05, 4.69) is 59.3 Å². The van der Waals surface area contributed by atoms with Crippen LogP contribution in [0.4, 0.5) is 0 Å². The molecule has 5 nitrogen and oxygen atoms in total. The van der Waals surface area contributed by atoms with Gasteiger partial charge in [0.15, 0.2) is 5.75 Å². The molecule has 4 aromatic heterocycles. The molecule has 0 saturated heterocycles. The third kappa shape index (κ3) is 3.32. The second kappa shape index (κ2) is 8.34. The summed E-state index contributed by atoms with van der Waals surface area (Å²) >= 11 is 3.35. The normalized spacial score (nSPS) is 12.8. The summed E-state index contributed by atoms with van der Waals surface area (Å²) in [5.41, 5.74) is 5.94. The Hall–Kier alpha value is -4.33. The number of benzene rings is 3. The lowest BCUT2D eigenvalue weighted by Gasteiger charge is -2.23. The van der Waals surface area contributed by atoms with Crippen molar-refractivity contribution in [2.45, 2.75) is 13.2 Å². The van der Waals surface area contributed by atoms with Gasteiger partial charge in [-0.05, 0) is 57.9 Å². The van der Waals surface area contributed by atoms with Gasteiger partial charge in [0.25, 0.3) is 5.56 Å². The summed E-state index contributed by atoms with van der Waals surface area (Å²) in [6.07, 6.45) is 0. The van der Waals surface area contributed by atoms with Crippen molar-refractivity contribution >= 4 is 55.4 Å². The Bertz CT molecular complexity index is 2080. The van der Waals surface area contributed by atoms with E-state index < -0.39 is 0 Å². The molecular formula is C31H19N3O2S2. The molecule has 0 aliphatic carbocycles. The van der Waals surface area contributed by atoms with E-state index in [-0.39, 0.29) is 12.2 Å². The third-order valence-electron chi connectivity index (χ3n) is 7.14. The molecule has 38 heavy (non-hydrogen) atoms. The molecule has 0 N–H and O–H groups in total. The lowest BCUT2D eigenvalue weighted by molar-refractivity contribution is 0.300. The Kier molecular flexibility index (Phi) is 4.77. The summed E-state index contributed by atoms with van der Waals surface area (Å²) in [7, 11) is 0. The lowest BCUT2D eigenvalue weighted by Crippen LogP contribution is -2.24. The number of thiophene rings is 2. The maximum atomic E-state index is 13.4. The number of pyridine rings is 1. The van der Waals surface area contributed by atoms with Crippen molar-refractivity contribution in [1.82, 2.24) is 14.5 Å². The third-order valence-corrected chi connectivity index (χ3v) is 8.95. The maximum Gasteiger partial charge on any atom is 0.251 e. The quantitative estimate of drug-likeness (QED) is 0.218. The monoisotopic (exact) mass is 529 g/mol. The zero-order valence-electron chi connectivity index (χ0n) is 20.0. The number of aromatic nitrogens is 3. The van der Waals surface area contributed by atoms with Crippen LogP contribution in [0.1, 0.15) is 11.4 Å². The van der Waals surface area contributed by atoms with E-state index in [1.54, 1.807) is 33.3 Å². The van der Waals surface area contributed by atoms with Crippen LogP contribution in [0.5, 0.6) is 5.75 Å². The molecule has 7 heteroatoms. The lowest BCUT2D eigenvalue weighted by atomic mass is 9.99. The van der Waals surface area contributed by atoms with Gasteiger partial charge < -0.3 is 4.74 Å². The zero-order valence-corrected chi connectivity index (χ0v) is 21.7. The van der Waals surface area contributed by atoms with Gasteiger partial charge in [-0.1, -0.05) is 36.4 Å². The number of fused-ring (bicyclic) bond motifs is 3. The first-order valence-corrected chi connectivity index (χ1v) is 14.1. The summed E-state index contributed by atoms with van der Waals surface area (Å²) in [4.78, 5) is 25.7. The molecule has 0 fully saturated rings. The van der Waals surface area contributed by atoms with Crippen molar-refractivity contribution < 1.29 is 4.74 Å². The smallest absolute Gasteiger partial charge is 0.251 e. The van der Waals surface area contributed by atoms with Gasteiger partial charge in [0, 0.05) is 32.3 Å².